The standard InChI is InChI=1S/C24H31N3O2/c1-16-8-11-22(17(2)14-16)29-24-21(10-9-18(3)25-24)23(26-28)27-13-12-19-6-4-5-7-20(19)15-27/h8-11,14,19-20,28H,4-7,12-13,15H2,1-3H3/b26-23-. The van der Waals surface area contributed by atoms with Crippen molar-refractivity contribution in [3.05, 3.63) is 52.7 Å². The second kappa shape index (κ2) is 8.44. The molecular weight excluding hydrogens is 362 g/mol. The summed E-state index contributed by atoms with van der Waals surface area (Å²) in [6.45, 7) is 7.91. The van der Waals surface area contributed by atoms with E-state index in [0.29, 0.717) is 17.6 Å². The molecule has 1 aromatic heterocycles. The molecule has 5 heteroatoms. The number of ether oxygens (including phenoxy) is 1. The van der Waals surface area contributed by atoms with Crippen LogP contribution >= 0.6 is 0 Å². The molecule has 2 heterocycles. The van der Waals surface area contributed by atoms with E-state index < -0.39 is 0 Å². The van der Waals surface area contributed by atoms with Crippen LogP contribution in [0.5, 0.6) is 11.6 Å². The highest BCUT2D eigenvalue weighted by atomic mass is 16.5. The number of aromatic nitrogens is 1. The van der Waals surface area contributed by atoms with Crippen LogP contribution < -0.4 is 4.74 Å². The molecule has 2 unspecified atom stereocenters. The molecule has 2 fully saturated rings. The smallest absolute Gasteiger partial charge is 0.230 e. The van der Waals surface area contributed by atoms with Crippen molar-refractivity contribution in [2.45, 2.75) is 52.9 Å². The average molecular weight is 394 g/mol. The van der Waals surface area contributed by atoms with E-state index in [4.69, 9.17) is 4.74 Å². The Labute approximate surface area is 173 Å². The number of nitrogens with zero attached hydrogens (tertiary/aromatic N) is 3. The fourth-order valence-corrected chi connectivity index (χ4v) is 4.88. The molecule has 5 nitrogen and oxygen atoms in total. The van der Waals surface area contributed by atoms with Gasteiger partial charge in [-0.25, -0.2) is 4.98 Å². The molecule has 2 aliphatic rings. The first kappa shape index (κ1) is 19.7. The summed E-state index contributed by atoms with van der Waals surface area (Å²) in [5.74, 6) is 3.36. The zero-order chi connectivity index (χ0) is 20.4. The van der Waals surface area contributed by atoms with Crippen molar-refractivity contribution in [2.75, 3.05) is 13.1 Å². The van der Waals surface area contributed by atoms with Gasteiger partial charge in [0.1, 0.15) is 5.75 Å². The number of hydrogen-bond acceptors (Lipinski definition) is 4. The molecule has 1 N–H and O–H groups in total. The zero-order valence-corrected chi connectivity index (χ0v) is 17.7. The predicted molar refractivity (Wildman–Crippen MR) is 115 cm³/mol. The van der Waals surface area contributed by atoms with Crippen molar-refractivity contribution in [2.24, 2.45) is 17.0 Å². The maximum absolute atomic E-state index is 9.94. The topological polar surface area (TPSA) is 58.0 Å². The number of amidine groups is 1. The van der Waals surface area contributed by atoms with E-state index in [2.05, 4.69) is 28.0 Å². The molecule has 1 aromatic carbocycles. The van der Waals surface area contributed by atoms with Crippen LogP contribution in [0.15, 0.2) is 35.5 Å². The summed E-state index contributed by atoms with van der Waals surface area (Å²) in [5, 5.41) is 13.7. The quantitative estimate of drug-likeness (QED) is 0.326. The van der Waals surface area contributed by atoms with Gasteiger partial charge in [0.15, 0.2) is 5.84 Å². The van der Waals surface area contributed by atoms with E-state index in [0.717, 1.165) is 48.0 Å². The van der Waals surface area contributed by atoms with Crippen LogP contribution in [0, 0.1) is 32.6 Å². The highest BCUT2D eigenvalue weighted by Crippen LogP contribution is 2.37. The van der Waals surface area contributed by atoms with Crippen molar-refractivity contribution >= 4 is 5.84 Å². The van der Waals surface area contributed by atoms with Gasteiger partial charge in [0.05, 0.1) is 5.56 Å². The fraction of sp³-hybridized carbons (Fsp3) is 0.500. The first-order valence-electron chi connectivity index (χ1n) is 10.8. The predicted octanol–water partition coefficient (Wildman–Crippen LogP) is 5.45. The minimum absolute atomic E-state index is 0.496. The number of fused-ring (bicyclic) bond motifs is 1. The summed E-state index contributed by atoms with van der Waals surface area (Å²) in [6, 6.07) is 10.0. The molecule has 0 spiro atoms. The average Bonchev–Trinajstić information content (AvgIpc) is 2.72. The Kier molecular flexibility index (Phi) is 5.74. The van der Waals surface area contributed by atoms with Gasteiger partial charge in [-0.15, -0.1) is 0 Å². The number of pyridine rings is 1. The molecule has 0 bridgehead atoms. The van der Waals surface area contributed by atoms with Gasteiger partial charge in [-0.3, -0.25) is 0 Å². The highest BCUT2D eigenvalue weighted by Gasteiger charge is 2.33. The maximum atomic E-state index is 9.94. The Morgan fingerprint density at radius 1 is 1.07 bits per heavy atom. The molecule has 2 aromatic rings. The van der Waals surface area contributed by atoms with Crippen molar-refractivity contribution in [3.8, 4) is 11.6 Å². The first-order chi connectivity index (χ1) is 14.0. The summed E-state index contributed by atoms with van der Waals surface area (Å²) >= 11 is 0. The van der Waals surface area contributed by atoms with Crippen molar-refractivity contribution in [3.63, 3.8) is 0 Å². The SMILES string of the molecule is Cc1ccc(Oc2nc(C)ccc2/C(=N/O)N2CCC3CCCCC3C2)c(C)c1. The van der Waals surface area contributed by atoms with Crippen LogP contribution in [0.25, 0.3) is 0 Å². The Morgan fingerprint density at radius 2 is 1.86 bits per heavy atom. The first-order valence-corrected chi connectivity index (χ1v) is 10.8. The van der Waals surface area contributed by atoms with E-state index in [-0.39, 0.29) is 0 Å². The number of benzene rings is 1. The monoisotopic (exact) mass is 393 g/mol. The van der Waals surface area contributed by atoms with Crippen LogP contribution in [0.1, 0.15) is 54.5 Å². The van der Waals surface area contributed by atoms with Gasteiger partial charge in [-0.2, -0.15) is 0 Å². The van der Waals surface area contributed by atoms with Crippen LogP contribution in [0.2, 0.25) is 0 Å². The number of aryl methyl sites for hydroxylation is 3. The molecule has 0 amide bonds. The third-order valence-electron chi connectivity index (χ3n) is 6.46. The molecule has 154 valence electrons. The Morgan fingerprint density at radius 3 is 2.62 bits per heavy atom. The molecule has 0 radical (unpaired) electrons. The molecule has 29 heavy (non-hydrogen) atoms. The van der Waals surface area contributed by atoms with Gasteiger partial charge in [0.2, 0.25) is 5.88 Å². The molecule has 1 saturated heterocycles. The van der Waals surface area contributed by atoms with Crippen LogP contribution in [-0.4, -0.2) is 34.0 Å². The van der Waals surface area contributed by atoms with Gasteiger partial charge in [0.25, 0.3) is 0 Å². The van der Waals surface area contributed by atoms with Gasteiger partial charge < -0.3 is 14.8 Å². The second-order valence-corrected chi connectivity index (χ2v) is 8.64. The molecule has 4 rings (SSSR count). The number of hydrogen-bond donors (Lipinski definition) is 1. The fourth-order valence-electron chi connectivity index (χ4n) is 4.88. The molecular formula is C24H31N3O2. The minimum atomic E-state index is 0.496. The summed E-state index contributed by atoms with van der Waals surface area (Å²) in [4.78, 5) is 6.85. The normalized spacial score (nSPS) is 22.3. The van der Waals surface area contributed by atoms with Gasteiger partial charge >= 0.3 is 0 Å². The molecule has 2 atom stereocenters. The van der Waals surface area contributed by atoms with Crippen LogP contribution in [-0.2, 0) is 0 Å². The summed E-state index contributed by atoms with van der Waals surface area (Å²) in [5.41, 5.74) is 3.87. The van der Waals surface area contributed by atoms with Gasteiger partial charge in [-0.1, -0.05) is 42.1 Å². The highest BCUT2D eigenvalue weighted by molar-refractivity contribution is 6.00. The van der Waals surface area contributed by atoms with E-state index in [1.165, 1.54) is 31.2 Å². The third-order valence-corrected chi connectivity index (χ3v) is 6.46. The zero-order valence-electron chi connectivity index (χ0n) is 17.7. The van der Waals surface area contributed by atoms with E-state index >= 15 is 0 Å². The van der Waals surface area contributed by atoms with Crippen molar-refractivity contribution in [1.29, 1.82) is 0 Å². The van der Waals surface area contributed by atoms with Gasteiger partial charge in [0, 0.05) is 18.8 Å². The number of piperidine rings is 1. The summed E-state index contributed by atoms with van der Waals surface area (Å²) in [6.07, 6.45) is 6.46. The van der Waals surface area contributed by atoms with E-state index in [1.54, 1.807) is 0 Å². The number of rotatable bonds is 3. The van der Waals surface area contributed by atoms with Crippen LogP contribution in [0.4, 0.5) is 0 Å². The Hall–Kier alpha value is -2.56. The summed E-state index contributed by atoms with van der Waals surface area (Å²) in [7, 11) is 0. The molecule has 1 aliphatic heterocycles. The Bertz CT molecular complexity index is 909. The lowest BCUT2D eigenvalue weighted by molar-refractivity contribution is 0.127. The lowest BCUT2D eigenvalue weighted by Gasteiger charge is -2.42. The third kappa shape index (κ3) is 4.24. The minimum Gasteiger partial charge on any atom is -0.438 e. The lowest BCUT2D eigenvalue weighted by atomic mass is 9.75. The second-order valence-electron chi connectivity index (χ2n) is 8.64. The van der Waals surface area contributed by atoms with E-state index in [9.17, 15) is 5.21 Å². The van der Waals surface area contributed by atoms with Crippen molar-refractivity contribution in [1.82, 2.24) is 9.88 Å². The Balaban J connectivity index is 1.63. The van der Waals surface area contributed by atoms with Crippen LogP contribution in [0.3, 0.4) is 0 Å². The number of likely N-dealkylation sites (tertiary alicyclic amines) is 1. The van der Waals surface area contributed by atoms with Gasteiger partial charge in [-0.05, 0) is 69.2 Å². The summed E-state index contributed by atoms with van der Waals surface area (Å²) < 4.78 is 6.23. The maximum Gasteiger partial charge on any atom is 0.230 e. The largest absolute Gasteiger partial charge is 0.438 e. The lowest BCUT2D eigenvalue weighted by Crippen LogP contribution is -2.45. The molecule has 1 aliphatic carbocycles. The van der Waals surface area contributed by atoms with Crippen molar-refractivity contribution < 1.29 is 9.94 Å². The molecule has 1 saturated carbocycles. The van der Waals surface area contributed by atoms with E-state index in [1.807, 2.05) is 38.1 Å². The number of oxime groups is 1.